The average molecular weight is 314 g/mol. The van der Waals surface area contributed by atoms with Crippen LogP contribution in [0.3, 0.4) is 0 Å². The Balaban J connectivity index is 1.57. The largest absolute Gasteiger partial charge is 0.374 e. The second-order valence-corrected chi connectivity index (χ2v) is 6.32. The zero-order valence-corrected chi connectivity index (χ0v) is 12.8. The number of ether oxygens (including phenoxy) is 1. The minimum absolute atomic E-state index is 0.147. The molecule has 3 rings (SSSR count). The van der Waals surface area contributed by atoms with Crippen LogP contribution < -0.4 is 0 Å². The highest BCUT2D eigenvalue weighted by molar-refractivity contribution is 7.10. The minimum atomic E-state index is 0.147. The summed E-state index contributed by atoms with van der Waals surface area (Å²) >= 11 is 7.28. The van der Waals surface area contributed by atoms with E-state index in [2.05, 4.69) is 19.6 Å². The van der Waals surface area contributed by atoms with E-state index in [1.165, 1.54) is 11.5 Å². The van der Waals surface area contributed by atoms with Crippen LogP contribution >= 0.6 is 23.1 Å². The number of aryl methyl sites for hydroxylation is 1. The van der Waals surface area contributed by atoms with E-state index in [1.807, 2.05) is 24.0 Å². The summed E-state index contributed by atoms with van der Waals surface area (Å²) < 4.78 is 12.3. The van der Waals surface area contributed by atoms with Gasteiger partial charge in [0, 0.05) is 37.4 Å². The van der Waals surface area contributed by atoms with Gasteiger partial charge in [0.25, 0.3) is 0 Å². The standard InChI is InChI=1S/C12H16ClN5OS/c1-9-4-14-18(5-9)7-10-6-17(2-3-19-10)8-11-12(13)20-16-15-11/h4-5,10H,2-3,6-8H2,1H3. The first kappa shape index (κ1) is 13.9. The normalized spacial score (nSPS) is 20.4. The van der Waals surface area contributed by atoms with Crippen molar-refractivity contribution in [2.45, 2.75) is 26.1 Å². The van der Waals surface area contributed by atoms with Crippen molar-refractivity contribution in [3.63, 3.8) is 0 Å². The van der Waals surface area contributed by atoms with E-state index >= 15 is 0 Å². The van der Waals surface area contributed by atoms with Crippen molar-refractivity contribution in [1.82, 2.24) is 24.3 Å². The molecular formula is C12H16ClN5OS. The Morgan fingerprint density at radius 1 is 1.55 bits per heavy atom. The van der Waals surface area contributed by atoms with Crippen LogP contribution in [-0.2, 0) is 17.8 Å². The zero-order chi connectivity index (χ0) is 13.9. The van der Waals surface area contributed by atoms with Crippen molar-refractivity contribution < 1.29 is 4.74 Å². The second-order valence-electron chi connectivity index (χ2n) is 4.96. The Kier molecular flexibility index (Phi) is 4.30. The van der Waals surface area contributed by atoms with Gasteiger partial charge in [-0.05, 0) is 12.5 Å². The van der Waals surface area contributed by atoms with Crippen LogP contribution in [0.15, 0.2) is 12.4 Å². The molecule has 1 fully saturated rings. The second kappa shape index (κ2) is 6.17. The number of aromatic nitrogens is 4. The summed E-state index contributed by atoms with van der Waals surface area (Å²) in [6.45, 7) is 6.00. The van der Waals surface area contributed by atoms with E-state index in [9.17, 15) is 0 Å². The molecule has 1 atom stereocenters. The van der Waals surface area contributed by atoms with E-state index < -0.39 is 0 Å². The molecule has 108 valence electrons. The predicted molar refractivity (Wildman–Crippen MR) is 76.9 cm³/mol. The van der Waals surface area contributed by atoms with Gasteiger partial charge >= 0.3 is 0 Å². The van der Waals surface area contributed by atoms with Crippen LogP contribution in [0, 0.1) is 6.92 Å². The highest BCUT2D eigenvalue weighted by Crippen LogP contribution is 2.20. The summed E-state index contributed by atoms with van der Waals surface area (Å²) in [6, 6.07) is 0. The van der Waals surface area contributed by atoms with Crippen molar-refractivity contribution >= 4 is 23.1 Å². The fraction of sp³-hybridized carbons (Fsp3) is 0.583. The van der Waals surface area contributed by atoms with Crippen LogP contribution in [0.1, 0.15) is 11.3 Å². The Morgan fingerprint density at radius 2 is 2.45 bits per heavy atom. The lowest BCUT2D eigenvalue weighted by Gasteiger charge is -2.32. The fourth-order valence-corrected chi connectivity index (χ4v) is 2.93. The van der Waals surface area contributed by atoms with Crippen LogP contribution in [0.4, 0.5) is 0 Å². The van der Waals surface area contributed by atoms with Crippen molar-refractivity contribution in [2.24, 2.45) is 0 Å². The smallest absolute Gasteiger partial charge is 0.138 e. The first-order valence-corrected chi connectivity index (χ1v) is 7.65. The van der Waals surface area contributed by atoms with Gasteiger partial charge in [0.15, 0.2) is 0 Å². The summed E-state index contributed by atoms with van der Waals surface area (Å²) in [7, 11) is 0. The fourth-order valence-electron chi connectivity index (χ4n) is 2.31. The maximum Gasteiger partial charge on any atom is 0.138 e. The van der Waals surface area contributed by atoms with Crippen LogP contribution in [0.2, 0.25) is 4.34 Å². The molecule has 1 unspecified atom stereocenters. The molecule has 0 radical (unpaired) electrons. The molecule has 0 spiro atoms. The SMILES string of the molecule is Cc1cnn(CC2CN(Cc3nnsc3Cl)CCO2)c1. The van der Waals surface area contributed by atoms with Crippen molar-refractivity contribution in [1.29, 1.82) is 0 Å². The van der Waals surface area contributed by atoms with Gasteiger partial charge in [0.05, 0.1) is 25.5 Å². The first-order valence-electron chi connectivity index (χ1n) is 6.50. The summed E-state index contributed by atoms with van der Waals surface area (Å²) in [5.41, 5.74) is 2.02. The number of nitrogens with zero attached hydrogens (tertiary/aromatic N) is 5. The van der Waals surface area contributed by atoms with E-state index in [0.717, 1.165) is 44.0 Å². The lowest BCUT2D eigenvalue weighted by molar-refractivity contribution is -0.0405. The van der Waals surface area contributed by atoms with E-state index in [0.29, 0.717) is 4.34 Å². The molecule has 0 saturated carbocycles. The highest BCUT2D eigenvalue weighted by atomic mass is 35.5. The number of halogens is 1. The summed E-state index contributed by atoms with van der Waals surface area (Å²) in [6.07, 6.45) is 4.04. The molecule has 2 aromatic heterocycles. The zero-order valence-electron chi connectivity index (χ0n) is 11.2. The molecule has 0 aromatic carbocycles. The maximum atomic E-state index is 6.05. The number of rotatable bonds is 4. The third-order valence-electron chi connectivity index (χ3n) is 3.26. The molecule has 0 N–H and O–H groups in total. The molecule has 6 nitrogen and oxygen atoms in total. The summed E-state index contributed by atoms with van der Waals surface area (Å²) in [5.74, 6) is 0. The number of hydrogen-bond donors (Lipinski definition) is 0. The Hall–Kier alpha value is -1.02. The van der Waals surface area contributed by atoms with Crippen molar-refractivity contribution in [3.05, 3.63) is 28.0 Å². The third kappa shape index (κ3) is 3.35. The Bertz CT molecular complexity index is 572. The van der Waals surface area contributed by atoms with Crippen molar-refractivity contribution in [3.8, 4) is 0 Å². The molecule has 1 saturated heterocycles. The van der Waals surface area contributed by atoms with Gasteiger partial charge in [-0.1, -0.05) is 16.1 Å². The van der Waals surface area contributed by atoms with E-state index in [-0.39, 0.29) is 6.10 Å². The van der Waals surface area contributed by atoms with E-state index in [4.69, 9.17) is 16.3 Å². The lowest BCUT2D eigenvalue weighted by Crippen LogP contribution is -2.43. The van der Waals surface area contributed by atoms with Crippen LogP contribution in [0.25, 0.3) is 0 Å². The summed E-state index contributed by atoms with van der Waals surface area (Å²) in [4.78, 5) is 2.30. The van der Waals surface area contributed by atoms with Gasteiger partial charge in [-0.15, -0.1) is 5.10 Å². The quantitative estimate of drug-likeness (QED) is 0.858. The molecule has 0 bridgehead atoms. The Labute approximate surface area is 126 Å². The Morgan fingerprint density at radius 3 is 3.15 bits per heavy atom. The van der Waals surface area contributed by atoms with E-state index in [1.54, 1.807) is 0 Å². The predicted octanol–water partition coefficient (Wildman–Crippen LogP) is 1.60. The third-order valence-corrected chi connectivity index (χ3v) is 4.24. The molecule has 8 heteroatoms. The van der Waals surface area contributed by atoms with Gasteiger partial charge in [-0.25, -0.2) is 0 Å². The topological polar surface area (TPSA) is 56.1 Å². The molecule has 2 aromatic rings. The van der Waals surface area contributed by atoms with Crippen LogP contribution in [0.5, 0.6) is 0 Å². The number of morpholine rings is 1. The van der Waals surface area contributed by atoms with Crippen molar-refractivity contribution in [2.75, 3.05) is 19.7 Å². The van der Waals surface area contributed by atoms with Gasteiger partial charge in [-0.2, -0.15) is 5.10 Å². The number of hydrogen-bond acceptors (Lipinski definition) is 6. The van der Waals surface area contributed by atoms with Gasteiger partial charge in [0.2, 0.25) is 0 Å². The monoisotopic (exact) mass is 313 g/mol. The molecule has 20 heavy (non-hydrogen) atoms. The molecular weight excluding hydrogens is 298 g/mol. The average Bonchev–Trinajstić information content (AvgIpc) is 3.00. The molecule has 0 amide bonds. The molecule has 0 aliphatic carbocycles. The minimum Gasteiger partial charge on any atom is -0.374 e. The molecule has 1 aliphatic rings. The first-order chi connectivity index (χ1) is 9.70. The maximum absolute atomic E-state index is 6.05. The lowest BCUT2D eigenvalue weighted by atomic mass is 10.2. The van der Waals surface area contributed by atoms with Gasteiger partial charge in [0.1, 0.15) is 10.0 Å². The molecule has 3 heterocycles. The van der Waals surface area contributed by atoms with Gasteiger partial charge < -0.3 is 4.74 Å². The highest BCUT2D eigenvalue weighted by Gasteiger charge is 2.22. The molecule has 1 aliphatic heterocycles. The van der Waals surface area contributed by atoms with Gasteiger partial charge in [-0.3, -0.25) is 9.58 Å². The van der Waals surface area contributed by atoms with Crippen LogP contribution in [-0.4, -0.2) is 50.1 Å². The summed E-state index contributed by atoms with van der Waals surface area (Å²) in [5, 5.41) is 8.36.